The van der Waals surface area contributed by atoms with Crippen molar-refractivity contribution in [3.05, 3.63) is 24.8 Å². The van der Waals surface area contributed by atoms with Crippen molar-refractivity contribution in [2.24, 2.45) is 0 Å². The third kappa shape index (κ3) is 4.94. The quantitative estimate of drug-likeness (QED) is 0.731. The fourth-order valence-electron chi connectivity index (χ4n) is 1.02. The van der Waals surface area contributed by atoms with Gasteiger partial charge in [-0.15, -0.1) is 6.58 Å². The second-order valence-corrected chi connectivity index (χ2v) is 7.17. The summed E-state index contributed by atoms with van der Waals surface area (Å²) < 4.78 is 25.7. The van der Waals surface area contributed by atoms with Crippen molar-refractivity contribution in [3.8, 4) is 0 Å². The van der Waals surface area contributed by atoms with Gasteiger partial charge in [0, 0.05) is 6.04 Å². The summed E-state index contributed by atoms with van der Waals surface area (Å²) in [5, 5.41) is 0. The molecule has 0 rings (SSSR count). The second kappa shape index (κ2) is 6.21. The summed E-state index contributed by atoms with van der Waals surface area (Å²) in [6.07, 6.45) is 7.05. The number of hydrogen-bond acceptors (Lipinski definition) is 2. The third-order valence-electron chi connectivity index (χ3n) is 2.14. The molecule has 0 saturated heterocycles. The van der Waals surface area contributed by atoms with E-state index in [4.69, 9.17) is 0 Å². The lowest BCUT2D eigenvalue weighted by molar-refractivity contribution is 0.536. The SMILES string of the molecule is C=CCC(/C=C\CC)NS(=O)(=O)C(C)(C)C. The molecule has 0 aliphatic carbocycles. The Hall–Kier alpha value is -0.610. The van der Waals surface area contributed by atoms with Gasteiger partial charge in [0.25, 0.3) is 0 Å². The van der Waals surface area contributed by atoms with Gasteiger partial charge in [-0.3, -0.25) is 0 Å². The third-order valence-corrected chi connectivity index (χ3v) is 4.36. The highest BCUT2D eigenvalue weighted by Crippen LogP contribution is 2.14. The Labute approximate surface area is 99.7 Å². The normalized spacial score (nSPS) is 15.2. The van der Waals surface area contributed by atoms with Gasteiger partial charge in [-0.05, 0) is 33.6 Å². The van der Waals surface area contributed by atoms with E-state index in [0.29, 0.717) is 6.42 Å². The van der Waals surface area contributed by atoms with Crippen LogP contribution in [0.3, 0.4) is 0 Å². The lowest BCUT2D eigenvalue weighted by Gasteiger charge is -2.23. The van der Waals surface area contributed by atoms with Crippen molar-refractivity contribution in [2.45, 2.75) is 51.3 Å². The first-order chi connectivity index (χ1) is 7.24. The molecule has 0 aromatic heterocycles. The van der Waals surface area contributed by atoms with E-state index in [1.165, 1.54) is 0 Å². The molecule has 0 aromatic rings. The van der Waals surface area contributed by atoms with Crippen LogP contribution in [0.2, 0.25) is 0 Å². The molecule has 1 unspecified atom stereocenters. The Kier molecular flexibility index (Phi) is 5.97. The van der Waals surface area contributed by atoms with E-state index in [9.17, 15) is 8.42 Å². The molecule has 0 aliphatic heterocycles. The lowest BCUT2D eigenvalue weighted by Crippen LogP contribution is -2.43. The van der Waals surface area contributed by atoms with Crippen LogP contribution >= 0.6 is 0 Å². The van der Waals surface area contributed by atoms with E-state index in [1.807, 2.05) is 19.1 Å². The molecule has 0 radical (unpaired) electrons. The van der Waals surface area contributed by atoms with Crippen molar-refractivity contribution in [1.82, 2.24) is 4.72 Å². The Morgan fingerprint density at radius 3 is 2.31 bits per heavy atom. The maximum Gasteiger partial charge on any atom is 0.217 e. The standard InChI is InChI=1S/C12H23NO2S/c1-6-8-10-11(9-7-2)13-16(14,15)12(3,4)5/h7-8,10-11,13H,2,6,9H2,1,3-5H3/b10-8-. The van der Waals surface area contributed by atoms with Crippen LogP contribution in [0.15, 0.2) is 24.8 Å². The molecule has 1 atom stereocenters. The Balaban J connectivity index is 4.76. The van der Waals surface area contributed by atoms with E-state index < -0.39 is 14.8 Å². The van der Waals surface area contributed by atoms with E-state index in [0.717, 1.165) is 6.42 Å². The van der Waals surface area contributed by atoms with Crippen LogP contribution in [0.25, 0.3) is 0 Å². The van der Waals surface area contributed by atoms with Gasteiger partial charge < -0.3 is 0 Å². The van der Waals surface area contributed by atoms with Gasteiger partial charge in [-0.25, -0.2) is 13.1 Å². The predicted octanol–water partition coefficient (Wildman–Crippen LogP) is 2.62. The molecule has 16 heavy (non-hydrogen) atoms. The Morgan fingerprint density at radius 1 is 1.38 bits per heavy atom. The second-order valence-electron chi connectivity index (χ2n) is 4.70. The summed E-state index contributed by atoms with van der Waals surface area (Å²) in [4.78, 5) is 0. The maximum atomic E-state index is 11.9. The van der Waals surface area contributed by atoms with Crippen LogP contribution in [0.1, 0.15) is 40.5 Å². The molecule has 0 fully saturated rings. The summed E-state index contributed by atoms with van der Waals surface area (Å²) >= 11 is 0. The maximum absolute atomic E-state index is 11.9. The fourth-order valence-corrected chi connectivity index (χ4v) is 1.95. The predicted molar refractivity (Wildman–Crippen MR) is 69.8 cm³/mol. The molecule has 0 saturated carbocycles. The van der Waals surface area contributed by atoms with Crippen LogP contribution in [0.4, 0.5) is 0 Å². The van der Waals surface area contributed by atoms with Crippen molar-refractivity contribution in [2.75, 3.05) is 0 Å². The molecule has 0 bridgehead atoms. The van der Waals surface area contributed by atoms with E-state index in [1.54, 1.807) is 26.8 Å². The molecule has 3 nitrogen and oxygen atoms in total. The van der Waals surface area contributed by atoms with Crippen LogP contribution in [-0.2, 0) is 10.0 Å². The molecular formula is C12H23NO2S. The number of nitrogens with one attached hydrogen (secondary N) is 1. The van der Waals surface area contributed by atoms with Crippen LogP contribution in [0, 0.1) is 0 Å². The molecule has 94 valence electrons. The number of allylic oxidation sites excluding steroid dienone is 1. The highest BCUT2D eigenvalue weighted by atomic mass is 32.2. The van der Waals surface area contributed by atoms with Gasteiger partial charge in [-0.1, -0.05) is 25.2 Å². The summed E-state index contributed by atoms with van der Waals surface area (Å²) in [7, 11) is -3.30. The van der Waals surface area contributed by atoms with Gasteiger partial charge in [0.2, 0.25) is 10.0 Å². The van der Waals surface area contributed by atoms with Gasteiger partial charge >= 0.3 is 0 Å². The molecule has 0 amide bonds. The number of hydrogen-bond donors (Lipinski definition) is 1. The first-order valence-corrected chi connectivity index (χ1v) is 7.02. The summed E-state index contributed by atoms with van der Waals surface area (Å²) in [6.45, 7) is 10.7. The van der Waals surface area contributed by atoms with Crippen molar-refractivity contribution < 1.29 is 8.42 Å². The average molecular weight is 245 g/mol. The van der Waals surface area contributed by atoms with Crippen molar-refractivity contribution >= 4 is 10.0 Å². The number of rotatable bonds is 6. The minimum Gasteiger partial charge on any atom is -0.212 e. The molecule has 0 heterocycles. The minimum absolute atomic E-state index is 0.193. The smallest absolute Gasteiger partial charge is 0.212 e. The zero-order valence-electron chi connectivity index (χ0n) is 10.7. The highest BCUT2D eigenvalue weighted by molar-refractivity contribution is 7.90. The molecule has 4 heteroatoms. The van der Waals surface area contributed by atoms with Gasteiger partial charge in [0.15, 0.2) is 0 Å². The van der Waals surface area contributed by atoms with Crippen molar-refractivity contribution in [1.29, 1.82) is 0 Å². The largest absolute Gasteiger partial charge is 0.217 e. The molecule has 0 spiro atoms. The van der Waals surface area contributed by atoms with Crippen LogP contribution in [-0.4, -0.2) is 19.2 Å². The molecule has 1 N–H and O–H groups in total. The van der Waals surface area contributed by atoms with E-state index in [2.05, 4.69) is 11.3 Å². The van der Waals surface area contributed by atoms with Gasteiger partial charge in [0.1, 0.15) is 0 Å². The first-order valence-electron chi connectivity index (χ1n) is 5.54. The zero-order valence-corrected chi connectivity index (χ0v) is 11.5. The van der Waals surface area contributed by atoms with Crippen molar-refractivity contribution in [3.63, 3.8) is 0 Å². The molecule has 0 aliphatic rings. The van der Waals surface area contributed by atoms with E-state index in [-0.39, 0.29) is 6.04 Å². The summed E-state index contributed by atoms with van der Waals surface area (Å²) in [5.74, 6) is 0. The summed E-state index contributed by atoms with van der Waals surface area (Å²) in [6, 6.07) is -0.193. The fraction of sp³-hybridized carbons (Fsp3) is 0.667. The number of sulfonamides is 1. The van der Waals surface area contributed by atoms with E-state index >= 15 is 0 Å². The highest BCUT2D eigenvalue weighted by Gasteiger charge is 2.30. The Morgan fingerprint density at radius 2 is 1.94 bits per heavy atom. The average Bonchev–Trinajstić information content (AvgIpc) is 2.12. The van der Waals surface area contributed by atoms with Crippen LogP contribution in [0.5, 0.6) is 0 Å². The lowest BCUT2D eigenvalue weighted by atomic mass is 10.2. The summed E-state index contributed by atoms with van der Waals surface area (Å²) in [5.41, 5.74) is 0. The topological polar surface area (TPSA) is 46.2 Å². The monoisotopic (exact) mass is 245 g/mol. The Bertz CT molecular complexity index is 337. The zero-order chi connectivity index (χ0) is 12.8. The van der Waals surface area contributed by atoms with Gasteiger partial charge in [0.05, 0.1) is 4.75 Å². The minimum atomic E-state index is -3.30. The molecular weight excluding hydrogens is 222 g/mol. The van der Waals surface area contributed by atoms with Gasteiger partial charge in [-0.2, -0.15) is 0 Å². The first kappa shape index (κ1) is 15.4. The molecule has 0 aromatic carbocycles. The van der Waals surface area contributed by atoms with Crippen LogP contribution < -0.4 is 4.72 Å².